The number of carbonyl (C=O) groups is 1. The van der Waals surface area contributed by atoms with Gasteiger partial charge in [-0.3, -0.25) is 4.79 Å². The van der Waals surface area contributed by atoms with Gasteiger partial charge in [-0.1, -0.05) is 0 Å². The maximum Gasteiger partial charge on any atom is 0.273 e. The van der Waals surface area contributed by atoms with Crippen molar-refractivity contribution in [3.8, 4) is 0 Å². The predicted octanol–water partition coefficient (Wildman–Crippen LogP) is 3.43. The topological polar surface area (TPSA) is 50.5 Å². The molecule has 24 heavy (non-hydrogen) atoms. The second-order valence-electron chi connectivity index (χ2n) is 6.67. The number of carbonyl (C=O) groups excluding carboxylic acids is 1. The summed E-state index contributed by atoms with van der Waals surface area (Å²) in [5.41, 5.74) is 3.72. The number of thiophene rings is 1. The molecule has 0 bridgehead atoms. The molecule has 122 valence electrons. The first-order chi connectivity index (χ1) is 11.7. The highest BCUT2D eigenvalue weighted by molar-refractivity contribution is 7.10. The summed E-state index contributed by atoms with van der Waals surface area (Å²) < 4.78 is 1.88. The molecule has 1 fully saturated rings. The quantitative estimate of drug-likeness (QED) is 0.719. The first-order valence-corrected chi connectivity index (χ1v) is 9.32. The van der Waals surface area contributed by atoms with Gasteiger partial charge in [0.1, 0.15) is 5.69 Å². The van der Waals surface area contributed by atoms with Crippen molar-refractivity contribution in [1.29, 1.82) is 0 Å². The van der Waals surface area contributed by atoms with Gasteiger partial charge < -0.3 is 4.90 Å². The zero-order valence-corrected chi connectivity index (χ0v) is 14.3. The lowest BCUT2D eigenvalue weighted by Crippen LogP contribution is -2.38. The summed E-state index contributed by atoms with van der Waals surface area (Å²) in [6, 6.07) is 6.09. The summed E-state index contributed by atoms with van der Waals surface area (Å²) in [5, 5.41) is 6.48. The Labute approximate surface area is 143 Å². The Kier molecular flexibility index (Phi) is 3.03. The number of hydrogen-bond acceptors (Lipinski definition) is 4. The number of amides is 1. The van der Waals surface area contributed by atoms with Crippen LogP contribution in [-0.4, -0.2) is 31.9 Å². The molecule has 5 nitrogen and oxygen atoms in total. The third-order valence-corrected chi connectivity index (χ3v) is 6.14. The van der Waals surface area contributed by atoms with Crippen LogP contribution in [0.2, 0.25) is 0 Å². The average molecular weight is 338 g/mol. The number of aromatic nitrogens is 3. The van der Waals surface area contributed by atoms with Crippen LogP contribution in [-0.2, 0) is 6.42 Å². The monoisotopic (exact) mass is 338 g/mol. The minimum absolute atomic E-state index is 0.0324. The molecule has 0 radical (unpaired) electrons. The van der Waals surface area contributed by atoms with Crippen LogP contribution in [0.3, 0.4) is 0 Å². The second-order valence-corrected chi connectivity index (χ2v) is 7.67. The van der Waals surface area contributed by atoms with E-state index < -0.39 is 0 Å². The minimum atomic E-state index is 0.0324. The second kappa shape index (κ2) is 5.14. The third kappa shape index (κ3) is 2.09. The number of fused-ring (bicyclic) bond motifs is 2. The highest BCUT2D eigenvalue weighted by atomic mass is 32.1. The van der Waals surface area contributed by atoms with E-state index in [1.807, 2.05) is 21.5 Å². The Morgan fingerprint density at radius 3 is 3.04 bits per heavy atom. The van der Waals surface area contributed by atoms with E-state index in [0.717, 1.165) is 24.3 Å². The molecule has 1 aliphatic carbocycles. The minimum Gasteiger partial charge on any atom is -0.330 e. The first kappa shape index (κ1) is 14.2. The van der Waals surface area contributed by atoms with Crippen molar-refractivity contribution in [1.82, 2.24) is 19.5 Å². The molecule has 1 atom stereocenters. The average Bonchev–Trinajstić information content (AvgIpc) is 3.12. The van der Waals surface area contributed by atoms with Crippen LogP contribution in [0.25, 0.3) is 5.65 Å². The van der Waals surface area contributed by atoms with Crippen molar-refractivity contribution in [2.24, 2.45) is 0 Å². The van der Waals surface area contributed by atoms with E-state index in [-0.39, 0.29) is 11.9 Å². The number of rotatable bonds is 2. The van der Waals surface area contributed by atoms with Crippen LogP contribution in [0.5, 0.6) is 0 Å². The van der Waals surface area contributed by atoms with Crippen LogP contribution in [0, 0.1) is 0 Å². The zero-order valence-electron chi connectivity index (χ0n) is 13.5. The predicted molar refractivity (Wildman–Crippen MR) is 92.4 cm³/mol. The molecule has 1 unspecified atom stereocenters. The molecule has 2 aliphatic rings. The van der Waals surface area contributed by atoms with Gasteiger partial charge >= 0.3 is 0 Å². The lowest BCUT2D eigenvalue weighted by atomic mass is 10.0. The van der Waals surface area contributed by atoms with Crippen molar-refractivity contribution in [2.45, 2.75) is 38.1 Å². The van der Waals surface area contributed by atoms with Gasteiger partial charge in [-0.15, -0.1) is 11.3 Å². The van der Waals surface area contributed by atoms with Gasteiger partial charge in [0.2, 0.25) is 0 Å². The van der Waals surface area contributed by atoms with Crippen molar-refractivity contribution in [2.75, 3.05) is 6.54 Å². The molecule has 1 aliphatic heterocycles. The maximum atomic E-state index is 13.1. The van der Waals surface area contributed by atoms with Gasteiger partial charge in [-0.25, -0.2) is 9.50 Å². The molecule has 1 amide bonds. The standard InChI is InChI=1S/C18H18N4OS/c1-11-13-6-9-24-16(13)5-8-21(11)18(23)14-10-15(12-2-3-12)22-17(20-14)4-7-19-22/h4,6-7,9-12H,2-3,5,8H2,1H3. The van der Waals surface area contributed by atoms with E-state index in [4.69, 9.17) is 0 Å². The van der Waals surface area contributed by atoms with Gasteiger partial charge in [-0.05, 0) is 49.3 Å². The fourth-order valence-electron chi connectivity index (χ4n) is 3.65. The van der Waals surface area contributed by atoms with Crippen LogP contribution in [0.1, 0.15) is 58.3 Å². The van der Waals surface area contributed by atoms with E-state index in [1.165, 1.54) is 23.3 Å². The van der Waals surface area contributed by atoms with Crippen molar-refractivity contribution < 1.29 is 4.79 Å². The fraction of sp³-hybridized carbons (Fsp3) is 0.389. The number of nitrogens with zero attached hydrogens (tertiary/aromatic N) is 4. The molecule has 6 heteroatoms. The smallest absolute Gasteiger partial charge is 0.273 e. The molecule has 4 heterocycles. The SMILES string of the molecule is CC1c2ccsc2CCN1C(=O)c1cc(C2CC2)n2nccc2n1. The van der Waals surface area contributed by atoms with Gasteiger partial charge in [0.05, 0.1) is 12.2 Å². The third-order valence-electron chi connectivity index (χ3n) is 5.14. The van der Waals surface area contributed by atoms with E-state index in [0.29, 0.717) is 11.6 Å². The van der Waals surface area contributed by atoms with Crippen molar-refractivity contribution >= 4 is 22.9 Å². The molecule has 0 aromatic carbocycles. The Balaban J connectivity index is 1.54. The molecule has 0 N–H and O–H groups in total. The summed E-state index contributed by atoms with van der Waals surface area (Å²) >= 11 is 1.79. The van der Waals surface area contributed by atoms with Gasteiger partial charge in [0.25, 0.3) is 5.91 Å². The van der Waals surface area contributed by atoms with E-state index >= 15 is 0 Å². The first-order valence-electron chi connectivity index (χ1n) is 8.44. The highest BCUT2D eigenvalue weighted by Crippen LogP contribution is 2.40. The molecule has 1 saturated carbocycles. The summed E-state index contributed by atoms with van der Waals surface area (Å²) in [5.74, 6) is 0.550. The Morgan fingerprint density at radius 1 is 1.33 bits per heavy atom. The van der Waals surface area contributed by atoms with Crippen LogP contribution >= 0.6 is 11.3 Å². The normalized spacial score (nSPS) is 20.4. The fourth-order valence-corrected chi connectivity index (χ4v) is 4.61. The molecule has 5 rings (SSSR count). The van der Waals surface area contributed by atoms with Gasteiger partial charge in [0.15, 0.2) is 5.65 Å². The summed E-state index contributed by atoms with van der Waals surface area (Å²) in [6.07, 6.45) is 5.03. The lowest BCUT2D eigenvalue weighted by Gasteiger charge is -2.33. The van der Waals surface area contributed by atoms with Gasteiger partial charge in [-0.2, -0.15) is 5.10 Å². The molecule has 0 spiro atoms. The Bertz CT molecular complexity index is 940. The molecule has 0 saturated heterocycles. The van der Waals surface area contributed by atoms with Crippen molar-refractivity contribution in [3.05, 3.63) is 51.6 Å². The molecular weight excluding hydrogens is 320 g/mol. The summed E-state index contributed by atoms with van der Waals surface area (Å²) in [7, 11) is 0. The van der Waals surface area contributed by atoms with E-state index in [1.54, 1.807) is 17.5 Å². The Hall–Kier alpha value is -2.21. The van der Waals surface area contributed by atoms with Crippen molar-refractivity contribution in [3.63, 3.8) is 0 Å². The largest absolute Gasteiger partial charge is 0.330 e. The highest BCUT2D eigenvalue weighted by Gasteiger charge is 2.32. The van der Waals surface area contributed by atoms with E-state index in [9.17, 15) is 4.79 Å². The number of hydrogen-bond donors (Lipinski definition) is 0. The van der Waals surface area contributed by atoms with Crippen LogP contribution < -0.4 is 0 Å². The summed E-state index contributed by atoms with van der Waals surface area (Å²) in [4.78, 5) is 21.1. The summed E-state index contributed by atoms with van der Waals surface area (Å²) in [6.45, 7) is 2.88. The van der Waals surface area contributed by atoms with Gasteiger partial charge in [0, 0.05) is 29.1 Å². The van der Waals surface area contributed by atoms with Crippen LogP contribution in [0.4, 0.5) is 0 Å². The molecular formula is C18H18N4OS. The molecule has 3 aromatic heterocycles. The zero-order chi connectivity index (χ0) is 16.3. The Morgan fingerprint density at radius 2 is 2.21 bits per heavy atom. The lowest BCUT2D eigenvalue weighted by molar-refractivity contribution is 0.0673. The van der Waals surface area contributed by atoms with Crippen LogP contribution in [0.15, 0.2) is 29.8 Å². The molecule has 3 aromatic rings. The van der Waals surface area contributed by atoms with E-state index in [2.05, 4.69) is 28.5 Å². The maximum absolute atomic E-state index is 13.1.